The minimum absolute atomic E-state index is 0.107. The van der Waals surface area contributed by atoms with Crippen molar-refractivity contribution in [2.24, 2.45) is 0 Å². The lowest BCUT2D eigenvalue weighted by atomic mass is 10.3. The third-order valence-corrected chi connectivity index (χ3v) is 3.26. The zero-order valence-corrected chi connectivity index (χ0v) is 12.5. The number of anilines is 1. The number of rotatable bonds is 8. The van der Waals surface area contributed by atoms with Gasteiger partial charge < -0.3 is 15.2 Å². The van der Waals surface area contributed by atoms with Crippen LogP contribution in [0.25, 0.3) is 0 Å². The van der Waals surface area contributed by atoms with E-state index < -0.39 is 5.97 Å². The first-order valence-electron chi connectivity index (χ1n) is 6.48. The molecule has 1 aromatic heterocycles. The van der Waals surface area contributed by atoms with E-state index in [0.717, 1.165) is 12.8 Å². The zero-order chi connectivity index (χ0) is 15.0. The number of aromatic carboxylic acids is 1. The highest BCUT2D eigenvalue weighted by Crippen LogP contribution is 2.22. The van der Waals surface area contributed by atoms with Gasteiger partial charge in [-0.05, 0) is 38.1 Å². The molecule has 6 nitrogen and oxygen atoms in total. The lowest BCUT2D eigenvalue weighted by Gasteiger charge is -2.08. The predicted octanol–water partition coefficient (Wildman–Crippen LogP) is 2.77. The van der Waals surface area contributed by atoms with Crippen molar-refractivity contribution >= 4 is 28.3 Å². The Bertz CT molecular complexity index is 445. The van der Waals surface area contributed by atoms with E-state index in [9.17, 15) is 9.59 Å². The van der Waals surface area contributed by atoms with E-state index in [4.69, 9.17) is 9.84 Å². The van der Waals surface area contributed by atoms with Crippen LogP contribution >= 0.6 is 11.3 Å². The highest BCUT2D eigenvalue weighted by atomic mass is 32.1. The van der Waals surface area contributed by atoms with E-state index in [0.29, 0.717) is 18.2 Å². The SMILES string of the molecule is CC(C)OCCCCNC(=O)Nc1sccc1C(=O)O. The van der Waals surface area contributed by atoms with Crippen LogP contribution in [0.2, 0.25) is 0 Å². The Balaban J connectivity index is 2.20. The molecule has 0 fully saturated rings. The molecule has 1 heterocycles. The molecular formula is C13H20N2O4S. The van der Waals surface area contributed by atoms with Gasteiger partial charge in [-0.15, -0.1) is 11.3 Å². The predicted molar refractivity (Wildman–Crippen MR) is 78.6 cm³/mol. The van der Waals surface area contributed by atoms with Gasteiger partial charge in [0, 0.05) is 13.2 Å². The van der Waals surface area contributed by atoms with E-state index in [1.807, 2.05) is 13.8 Å². The quantitative estimate of drug-likeness (QED) is 0.644. The van der Waals surface area contributed by atoms with E-state index >= 15 is 0 Å². The maximum Gasteiger partial charge on any atom is 0.338 e. The Hall–Kier alpha value is -1.60. The van der Waals surface area contributed by atoms with E-state index in [2.05, 4.69) is 10.6 Å². The molecule has 20 heavy (non-hydrogen) atoms. The van der Waals surface area contributed by atoms with Crippen LogP contribution < -0.4 is 10.6 Å². The molecule has 0 aromatic carbocycles. The molecule has 1 aromatic rings. The molecule has 0 atom stereocenters. The minimum Gasteiger partial charge on any atom is -0.478 e. The van der Waals surface area contributed by atoms with Crippen LogP contribution in [0.4, 0.5) is 9.80 Å². The van der Waals surface area contributed by atoms with Gasteiger partial charge in [-0.1, -0.05) is 0 Å². The van der Waals surface area contributed by atoms with Crippen molar-refractivity contribution < 1.29 is 19.4 Å². The monoisotopic (exact) mass is 300 g/mol. The van der Waals surface area contributed by atoms with Crippen molar-refractivity contribution in [3.8, 4) is 0 Å². The van der Waals surface area contributed by atoms with Crippen molar-refractivity contribution in [2.75, 3.05) is 18.5 Å². The van der Waals surface area contributed by atoms with Gasteiger partial charge in [0.2, 0.25) is 0 Å². The number of carbonyl (C=O) groups excluding carboxylic acids is 1. The number of ether oxygens (including phenoxy) is 1. The third-order valence-electron chi connectivity index (χ3n) is 2.43. The fourth-order valence-corrected chi connectivity index (χ4v) is 2.24. The highest BCUT2D eigenvalue weighted by molar-refractivity contribution is 7.14. The summed E-state index contributed by atoms with van der Waals surface area (Å²) < 4.78 is 5.38. The van der Waals surface area contributed by atoms with Crippen LogP contribution in [-0.2, 0) is 4.74 Å². The Kier molecular flexibility index (Phi) is 7.03. The van der Waals surface area contributed by atoms with Gasteiger partial charge in [0.15, 0.2) is 0 Å². The molecule has 7 heteroatoms. The van der Waals surface area contributed by atoms with Gasteiger partial charge in [0.25, 0.3) is 0 Å². The van der Waals surface area contributed by atoms with Crippen molar-refractivity contribution in [1.82, 2.24) is 5.32 Å². The smallest absolute Gasteiger partial charge is 0.338 e. The summed E-state index contributed by atoms with van der Waals surface area (Å²) in [6.45, 7) is 5.16. The highest BCUT2D eigenvalue weighted by Gasteiger charge is 2.13. The largest absolute Gasteiger partial charge is 0.478 e. The number of hydrogen-bond acceptors (Lipinski definition) is 4. The molecule has 0 aliphatic heterocycles. The number of carbonyl (C=O) groups is 2. The number of carboxylic acids is 1. The Morgan fingerprint density at radius 1 is 1.40 bits per heavy atom. The van der Waals surface area contributed by atoms with Gasteiger partial charge >= 0.3 is 12.0 Å². The molecule has 0 saturated heterocycles. The maximum absolute atomic E-state index is 11.6. The Morgan fingerprint density at radius 3 is 2.80 bits per heavy atom. The van der Waals surface area contributed by atoms with E-state index in [-0.39, 0.29) is 17.7 Å². The van der Waals surface area contributed by atoms with Gasteiger partial charge in [-0.3, -0.25) is 5.32 Å². The molecule has 2 amide bonds. The summed E-state index contributed by atoms with van der Waals surface area (Å²) in [6, 6.07) is 1.08. The normalized spacial score (nSPS) is 10.6. The zero-order valence-electron chi connectivity index (χ0n) is 11.6. The number of unbranched alkanes of at least 4 members (excludes halogenated alkanes) is 1. The summed E-state index contributed by atoms with van der Waals surface area (Å²) in [5, 5.41) is 16.1. The van der Waals surface area contributed by atoms with Crippen molar-refractivity contribution in [3.63, 3.8) is 0 Å². The number of nitrogens with one attached hydrogen (secondary N) is 2. The number of carboxylic acid groups (broad SMARTS) is 1. The molecule has 0 bridgehead atoms. The van der Waals surface area contributed by atoms with Crippen LogP contribution in [-0.4, -0.2) is 36.4 Å². The fraction of sp³-hybridized carbons (Fsp3) is 0.538. The maximum atomic E-state index is 11.6. The fourth-order valence-electron chi connectivity index (χ4n) is 1.47. The van der Waals surface area contributed by atoms with Crippen molar-refractivity contribution in [2.45, 2.75) is 32.8 Å². The summed E-state index contributed by atoms with van der Waals surface area (Å²) in [5.74, 6) is -1.05. The van der Waals surface area contributed by atoms with Crippen molar-refractivity contribution in [1.29, 1.82) is 0 Å². The summed E-state index contributed by atoms with van der Waals surface area (Å²) in [4.78, 5) is 22.5. The number of hydrogen-bond donors (Lipinski definition) is 3. The van der Waals surface area contributed by atoms with Gasteiger partial charge in [-0.2, -0.15) is 0 Å². The lowest BCUT2D eigenvalue weighted by molar-refractivity contribution is 0.0698. The summed E-state index contributed by atoms with van der Waals surface area (Å²) in [6.07, 6.45) is 1.91. The van der Waals surface area contributed by atoms with Crippen molar-refractivity contribution in [3.05, 3.63) is 17.0 Å². The molecule has 0 saturated carbocycles. The average Bonchev–Trinajstić information content (AvgIpc) is 2.81. The lowest BCUT2D eigenvalue weighted by Crippen LogP contribution is -2.29. The molecule has 0 aliphatic rings. The number of thiophene rings is 1. The molecule has 0 aliphatic carbocycles. The first-order valence-corrected chi connectivity index (χ1v) is 7.36. The molecule has 0 radical (unpaired) electrons. The second kappa shape index (κ2) is 8.55. The molecule has 3 N–H and O–H groups in total. The molecular weight excluding hydrogens is 280 g/mol. The average molecular weight is 300 g/mol. The number of amides is 2. The van der Waals surface area contributed by atoms with Crippen LogP contribution in [0, 0.1) is 0 Å². The first-order chi connectivity index (χ1) is 9.50. The van der Waals surface area contributed by atoms with Gasteiger partial charge in [0.05, 0.1) is 11.7 Å². The molecule has 1 rings (SSSR count). The topological polar surface area (TPSA) is 87.7 Å². The first kappa shape index (κ1) is 16.5. The Morgan fingerprint density at radius 2 is 2.15 bits per heavy atom. The molecule has 0 unspecified atom stereocenters. The second-order valence-electron chi connectivity index (χ2n) is 4.48. The van der Waals surface area contributed by atoms with Crippen LogP contribution in [0.3, 0.4) is 0 Å². The van der Waals surface area contributed by atoms with Crippen LogP contribution in [0.15, 0.2) is 11.4 Å². The molecule has 0 spiro atoms. The summed E-state index contributed by atoms with van der Waals surface area (Å²) in [5.41, 5.74) is 0.107. The van der Waals surface area contributed by atoms with Crippen LogP contribution in [0.1, 0.15) is 37.0 Å². The van der Waals surface area contributed by atoms with Gasteiger partial charge in [-0.25, -0.2) is 9.59 Å². The van der Waals surface area contributed by atoms with E-state index in [1.54, 1.807) is 5.38 Å². The third kappa shape index (κ3) is 6.03. The summed E-state index contributed by atoms with van der Waals surface area (Å²) in [7, 11) is 0. The van der Waals surface area contributed by atoms with E-state index in [1.165, 1.54) is 17.4 Å². The van der Waals surface area contributed by atoms with Gasteiger partial charge in [0.1, 0.15) is 5.00 Å². The molecule has 112 valence electrons. The minimum atomic E-state index is -1.05. The standard InChI is InChI=1S/C13H20N2O4S/c1-9(2)19-7-4-3-6-14-13(18)15-11-10(12(16)17)5-8-20-11/h5,8-9H,3-4,6-7H2,1-2H3,(H,16,17)(H2,14,15,18). The second-order valence-corrected chi connectivity index (χ2v) is 5.39. The van der Waals surface area contributed by atoms with Crippen LogP contribution in [0.5, 0.6) is 0 Å². The Labute approximate surface area is 122 Å². The number of urea groups is 1. The summed E-state index contributed by atoms with van der Waals surface area (Å²) >= 11 is 1.18.